The Bertz CT molecular complexity index is 735. The van der Waals surface area contributed by atoms with Crippen LogP contribution in [-0.4, -0.2) is 38.6 Å². The van der Waals surface area contributed by atoms with Crippen LogP contribution in [0, 0.1) is 0 Å². The highest BCUT2D eigenvalue weighted by Crippen LogP contribution is 2.31. The van der Waals surface area contributed by atoms with Crippen LogP contribution in [0.2, 0.25) is 0 Å². The van der Waals surface area contributed by atoms with Crippen molar-refractivity contribution in [2.24, 2.45) is 0 Å². The minimum Gasteiger partial charge on any atom is -0.485 e. The topological polar surface area (TPSA) is 53.6 Å². The van der Waals surface area contributed by atoms with Crippen LogP contribution in [-0.2, 0) is 4.79 Å². The summed E-state index contributed by atoms with van der Waals surface area (Å²) in [6.45, 7) is 4.50. The predicted octanol–water partition coefficient (Wildman–Crippen LogP) is 3.97. The molecule has 1 unspecified atom stereocenters. The summed E-state index contributed by atoms with van der Waals surface area (Å²) in [6, 6.07) is 12.1. The maximum absolute atomic E-state index is 13.0. The van der Waals surface area contributed by atoms with E-state index in [2.05, 4.69) is 28.1 Å². The summed E-state index contributed by atoms with van der Waals surface area (Å²) in [7, 11) is 1.96. The number of ether oxygens (including phenoxy) is 1. The van der Waals surface area contributed by atoms with Gasteiger partial charge in [0.05, 0.1) is 6.04 Å². The Morgan fingerprint density at radius 1 is 1.29 bits per heavy atom. The van der Waals surface area contributed by atoms with Crippen LogP contribution >= 0.6 is 11.3 Å². The average molecular weight is 402 g/mol. The second-order valence-corrected chi connectivity index (χ2v) is 8.09. The summed E-state index contributed by atoms with van der Waals surface area (Å²) in [5.74, 6) is 0.977. The van der Waals surface area contributed by atoms with Crippen LogP contribution in [0.5, 0.6) is 5.75 Å². The lowest BCUT2D eigenvalue weighted by molar-refractivity contribution is -0.120. The lowest BCUT2D eigenvalue weighted by Crippen LogP contribution is -2.45. The van der Waals surface area contributed by atoms with Gasteiger partial charge in [0.1, 0.15) is 11.9 Å². The first-order valence-electron chi connectivity index (χ1n) is 10.2. The zero-order valence-corrected chi connectivity index (χ0v) is 17.6. The van der Waals surface area contributed by atoms with Crippen molar-refractivity contribution in [1.82, 2.24) is 10.6 Å². The lowest BCUT2D eigenvalue weighted by atomic mass is 10.1. The Morgan fingerprint density at radius 2 is 2.18 bits per heavy atom. The molecule has 1 amide bonds. The van der Waals surface area contributed by atoms with Gasteiger partial charge in [0.2, 0.25) is 5.91 Å². The van der Waals surface area contributed by atoms with Crippen molar-refractivity contribution < 1.29 is 9.53 Å². The molecule has 5 nitrogen and oxygen atoms in total. The van der Waals surface area contributed by atoms with E-state index in [4.69, 9.17) is 4.74 Å². The fourth-order valence-electron chi connectivity index (χ4n) is 3.63. The molecule has 3 rings (SSSR count). The summed E-state index contributed by atoms with van der Waals surface area (Å²) in [4.78, 5) is 16.2. The first kappa shape index (κ1) is 20.8. The number of likely N-dealkylation sites (N-methyl/N-ethyl adjacent to an activating group) is 1. The first-order chi connectivity index (χ1) is 13.7. The van der Waals surface area contributed by atoms with Crippen LogP contribution in [0.1, 0.15) is 43.6 Å². The largest absolute Gasteiger partial charge is 0.485 e. The number of carbonyl (C=O) groups excluding carboxylic acids is 1. The molecule has 2 heterocycles. The SMILES string of the molecule is CCNC1CCCCN(c2cccc(O[C@@H](CCNC)c3cccs3)c2)C1=O. The van der Waals surface area contributed by atoms with Crippen molar-refractivity contribution in [1.29, 1.82) is 0 Å². The second-order valence-electron chi connectivity index (χ2n) is 7.11. The molecular weight excluding hydrogens is 370 g/mol. The molecular formula is C22H31N3O2S. The number of rotatable bonds is 9. The van der Waals surface area contributed by atoms with Crippen LogP contribution in [0.15, 0.2) is 41.8 Å². The zero-order chi connectivity index (χ0) is 19.8. The number of amides is 1. The quantitative estimate of drug-likeness (QED) is 0.668. The second kappa shape index (κ2) is 10.6. The summed E-state index contributed by atoms with van der Waals surface area (Å²) >= 11 is 1.72. The van der Waals surface area contributed by atoms with Gasteiger partial charge in [-0.15, -0.1) is 11.3 Å². The first-order valence-corrected chi connectivity index (χ1v) is 11.1. The molecule has 1 aromatic heterocycles. The molecule has 2 aromatic rings. The maximum Gasteiger partial charge on any atom is 0.244 e. The molecule has 2 N–H and O–H groups in total. The number of benzene rings is 1. The number of hydrogen-bond donors (Lipinski definition) is 2. The molecule has 1 aliphatic rings. The zero-order valence-electron chi connectivity index (χ0n) is 16.8. The average Bonchev–Trinajstić information content (AvgIpc) is 3.18. The van der Waals surface area contributed by atoms with Gasteiger partial charge in [-0.3, -0.25) is 4.79 Å². The van der Waals surface area contributed by atoms with E-state index in [9.17, 15) is 4.79 Å². The van der Waals surface area contributed by atoms with Gasteiger partial charge in [-0.1, -0.05) is 19.1 Å². The van der Waals surface area contributed by atoms with Crippen molar-refractivity contribution in [3.05, 3.63) is 46.7 Å². The van der Waals surface area contributed by atoms with Crippen LogP contribution in [0.25, 0.3) is 0 Å². The number of thiophene rings is 1. The predicted molar refractivity (Wildman–Crippen MR) is 116 cm³/mol. The molecule has 0 radical (unpaired) electrons. The number of carbonyl (C=O) groups is 1. The Kier molecular flexibility index (Phi) is 7.89. The smallest absolute Gasteiger partial charge is 0.244 e. The third-order valence-electron chi connectivity index (χ3n) is 5.06. The van der Waals surface area contributed by atoms with E-state index in [1.165, 1.54) is 4.88 Å². The molecule has 0 aliphatic carbocycles. The van der Waals surface area contributed by atoms with E-state index in [0.717, 1.165) is 56.8 Å². The molecule has 1 aliphatic heterocycles. The molecule has 152 valence electrons. The molecule has 1 fully saturated rings. The van der Waals surface area contributed by atoms with Crippen molar-refractivity contribution in [2.75, 3.05) is 31.6 Å². The van der Waals surface area contributed by atoms with E-state index in [1.54, 1.807) is 11.3 Å². The normalized spacial score (nSPS) is 18.7. The van der Waals surface area contributed by atoms with Gasteiger partial charge >= 0.3 is 0 Å². The summed E-state index contributed by atoms with van der Waals surface area (Å²) in [5, 5.41) is 8.62. The monoisotopic (exact) mass is 401 g/mol. The molecule has 1 saturated heterocycles. The molecule has 2 atom stereocenters. The fourth-order valence-corrected chi connectivity index (χ4v) is 4.42. The van der Waals surface area contributed by atoms with Gasteiger partial charge in [0, 0.05) is 29.6 Å². The number of nitrogens with one attached hydrogen (secondary N) is 2. The Hall–Kier alpha value is -1.89. The number of nitrogens with zero attached hydrogens (tertiary/aromatic N) is 1. The Labute approximate surface area is 172 Å². The third kappa shape index (κ3) is 5.34. The lowest BCUT2D eigenvalue weighted by Gasteiger charge is -2.26. The maximum atomic E-state index is 13.0. The molecule has 1 aromatic carbocycles. The number of anilines is 1. The summed E-state index contributed by atoms with van der Waals surface area (Å²) in [5.41, 5.74) is 0.922. The Balaban J connectivity index is 1.77. The van der Waals surface area contributed by atoms with Crippen LogP contribution in [0.3, 0.4) is 0 Å². The van der Waals surface area contributed by atoms with Gasteiger partial charge in [-0.2, -0.15) is 0 Å². The minimum absolute atomic E-state index is 0.0111. The summed E-state index contributed by atoms with van der Waals surface area (Å²) in [6.07, 6.45) is 3.91. The van der Waals surface area contributed by atoms with E-state index in [1.807, 2.05) is 43.1 Å². The van der Waals surface area contributed by atoms with Crippen molar-refractivity contribution in [2.45, 2.75) is 44.8 Å². The highest BCUT2D eigenvalue weighted by Gasteiger charge is 2.27. The van der Waals surface area contributed by atoms with Crippen molar-refractivity contribution >= 4 is 22.9 Å². The van der Waals surface area contributed by atoms with Crippen LogP contribution < -0.4 is 20.3 Å². The van der Waals surface area contributed by atoms with E-state index >= 15 is 0 Å². The highest BCUT2D eigenvalue weighted by molar-refractivity contribution is 7.10. The molecule has 0 bridgehead atoms. The van der Waals surface area contributed by atoms with Gasteiger partial charge in [-0.25, -0.2) is 0 Å². The fraction of sp³-hybridized carbons (Fsp3) is 0.500. The standard InChI is InChI=1S/C22H31N3O2S/c1-3-24-19-10-4-5-14-25(22(19)26)17-8-6-9-18(16-17)27-20(12-13-23-2)21-11-7-15-28-21/h6-9,11,15-16,19-20,23-24H,3-5,10,12-14H2,1-2H3/t19?,20-/m0/s1. The molecule has 28 heavy (non-hydrogen) atoms. The van der Waals surface area contributed by atoms with Gasteiger partial charge in [0.25, 0.3) is 0 Å². The van der Waals surface area contributed by atoms with Crippen molar-refractivity contribution in [3.63, 3.8) is 0 Å². The highest BCUT2D eigenvalue weighted by atomic mass is 32.1. The van der Waals surface area contributed by atoms with E-state index in [-0.39, 0.29) is 18.1 Å². The van der Waals surface area contributed by atoms with E-state index in [0.29, 0.717) is 0 Å². The van der Waals surface area contributed by atoms with Gasteiger partial charge in [-0.05, 0) is 63.0 Å². The minimum atomic E-state index is -0.0911. The molecule has 0 spiro atoms. The molecule has 6 heteroatoms. The van der Waals surface area contributed by atoms with E-state index < -0.39 is 0 Å². The van der Waals surface area contributed by atoms with Gasteiger partial charge < -0.3 is 20.3 Å². The Morgan fingerprint density at radius 3 is 2.93 bits per heavy atom. The van der Waals surface area contributed by atoms with Crippen LogP contribution in [0.4, 0.5) is 5.69 Å². The van der Waals surface area contributed by atoms with Gasteiger partial charge in [0.15, 0.2) is 0 Å². The number of hydrogen-bond acceptors (Lipinski definition) is 5. The molecule has 0 saturated carbocycles. The summed E-state index contributed by atoms with van der Waals surface area (Å²) < 4.78 is 6.35. The third-order valence-corrected chi connectivity index (χ3v) is 6.03. The van der Waals surface area contributed by atoms with Crippen molar-refractivity contribution in [3.8, 4) is 5.75 Å².